The van der Waals surface area contributed by atoms with Gasteiger partial charge >= 0.3 is 6.18 Å². The van der Waals surface area contributed by atoms with E-state index in [2.05, 4.69) is 27.1 Å². The summed E-state index contributed by atoms with van der Waals surface area (Å²) in [6.07, 6.45) is -2.39. The SMILES string of the molecule is CN=C(NCCc1cccs1)NCC1CCN(CC(F)(F)F)C1.I. The summed E-state index contributed by atoms with van der Waals surface area (Å²) < 4.78 is 37.1. The highest BCUT2D eigenvalue weighted by atomic mass is 127. The quantitative estimate of drug-likeness (QED) is 0.377. The van der Waals surface area contributed by atoms with Crippen LogP contribution in [-0.2, 0) is 6.42 Å². The van der Waals surface area contributed by atoms with Crippen molar-refractivity contribution in [2.24, 2.45) is 10.9 Å². The summed E-state index contributed by atoms with van der Waals surface area (Å²) in [5.74, 6) is 0.934. The standard InChI is InChI=1S/C15H23F3N4S.HI/c1-19-14(20-6-4-13-3-2-8-23-13)21-9-12-5-7-22(10-12)11-15(16,17)18;/h2-3,8,12H,4-7,9-11H2,1H3,(H2,19,20,21);1H. The number of rotatable bonds is 6. The lowest BCUT2D eigenvalue weighted by molar-refractivity contribution is -0.143. The van der Waals surface area contributed by atoms with Gasteiger partial charge in [0.05, 0.1) is 6.54 Å². The summed E-state index contributed by atoms with van der Waals surface area (Å²) in [5.41, 5.74) is 0. The highest BCUT2D eigenvalue weighted by Gasteiger charge is 2.34. The maximum atomic E-state index is 12.4. The van der Waals surface area contributed by atoms with Crippen molar-refractivity contribution in [1.29, 1.82) is 0 Å². The molecule has 0 bridgehead atoms. The molecule has 0 saturated carbocycles. The van der Waals surface area contributed by atoms with Crippen molar-refractivity contribution in [3.8, 4) is 0 Å². The van der Waals surface area contributed by atoms with E-state index in [9.17, 15) is 13.2 Å². The van der Waals surface area contributed by atoms with E-state index in [0.717, 1.165) is 19.4 Å². The topological polar surface area (TPSA) is 39.7 Å². The van der Waals surface area contributed by atoms with E-state index in [-0.39, 0.29) is 29.9 Å². The first-order valence-electron chi connectivity index (χ1n) is 7.72. The van der Waals surface area contributed by atoms with E-state index in [4.69, 9.17) is 0 Å². The van der Waals surface area contributed by atoms with Crippen LogP contribution in [0.15, 0.2) is 22.5 Å². The van der Waals surface area contributed by atoms with Crippen LogP contribution >= 0.6 is 35.3 Å². The predicted octanol–water partition coefficient (Wildman–Crippen LogP) is 2.96. The molecule has 2 heterocycles. The Morgan fingerprint density at radius 1 is 1.42 bits per heavy atom. The normalized spacial score (nSPS) is 19.2. The lowest BCUT2D eigenvalue weighted by atomic mass is 10.1. The molecule has 24 heavy (non-hydrogen) atoms. The van der Waals surface area contributed by atoms with Gasteiger partial charge in [0.1, 0.15) is 0 Å². The van der Waals surface area contributed by atoms with Crippen LogP contribution < -0.4 is 10.6 Å². The van der Waals surface area contributed by atoms with E-state index in [1.54, 1.807) is 18.4 Å². The number of alkyl halides is 3. The zero-order valence-corrected chi connectivity index (χ0v) is 16.8. The Labute approximate surface area is 161 Å². The molecule has 138 valence electrons. The van der Waals surface area contributed by atoms with Crippen molar-refractivity contribution in [3.05, 3.63) is 22.4 Å². The molecule has 0 aliphatic carbocycles. The van der Waals surface area contributed by atoms with Gasteiger partial charge in [-0.3, -0.25) is 9.89 Å². The summed E-state index contributed by atoms with van der Waals surface area (Å²) in [6, 6.07) is 4.12. The zero-order chi connectivity index (χ0) is 16.7. The first kappa shape index (κ1) is 21.5. The maximum Gasteiger partial charge on any atom is 0.401 e. The predicted molar refractivity (Wildman–Crippen MR) is 103 cm³/mol. The average Bonchev–Trinajstić information content (AvgIpc) is 3.12. The Hall–Kier alpha value is -0.550. The molecule has 0 radical (unpaired) electrons. The third-order valence-corrected chi connectivity index (χ3v) is 4.73. The van der Waals surface area contributed by atoms with Gasteiger partial charge in [-0.25, -0.2) is 0 Å². The van der Waals surface area contributed by atoms with E-state index in [0.29, 0.717) is 25.6 Å². The fourth-order valence-electron chi connectivity index (χ4n) is 2.70. The lowest BCUT2D eigenvalue weighted by Crippen LogP contribution is -2.41. The molecule has 1 saturated heterocycles. The van der Waals surface area contributed by atoms with E-state index < -0.39 is 12.7 Å². The van der Waals surface area contributed by atoms with Gasteiger partial charge in [0, 0.05) is 31.6 Å². The van der Waals surface area contributed by atoms with Gasteiger partial charge in [0.25, 0.3) is 0 Å². The minimum Gasteiger partial charge on any atom is -0.356 e. The van der Waals surface area contributed by atoms with Crippen molar-refractivity contribution < 1.29 is 13.2 Å². The fourth-order valence-corrected chi connectivity index (χ4v) is 3.41. The largest absolute Gasteiger partial charge is 0.401 e. The molecular weight excluding hydrogens is 452 g/mol. The molecule has 2 N–H and O–H groups in total. The Morgan fingerprint density at radius 2 is 2.21 bits per heavy atom. The van der Waals surface area contributed by atoms with Gasteiger partial charge in [-0.1, -0.05) is 6.07 Å². The summed E-state index contributed by atoms with van der Waals surface area (Å²) >= 11 is 1.72. The van der Waals surface area contributed by atoms with Crippen LogP contribution in [0.2, 0.25) is 0 Å². The second-order valence-electron chi connectivity index (χ2n) is 5.71. The number of nitrogens with zero attached hydrogens (tertiary/aromatic N) is 2. The van der Waals surface area contributed by atoms with Crippen LogP contribution in [0.3, 0.4) is 0 Å². The summed E-state index contributed by atoms with van der Waals surface area (Å²) in [6.45, 7) is 1.62. The molecule has 1 fully saturated rings. The molecule has 9 heteroatoms. The van der Waals surface area contributed by atoms with Crippen molar-refractivity contribution in [2.75, 3.05) is 39.8 Å². The molecule has 1 aromatic heterocycles. The average molecular weight is 476 g/mol. The van der Waals surface area contributed by atoms with Crippen LogP contribution in [0.4, 0.5) is 13.2 Å². The molecule has 1 aliphatic rings. The molecule has 1 aromatic rings. The summed E-state index contributed by atoms with van der Waals surface area (Å²) in [5, 5.41) is 8.49. The molecule has 1 unspecified atom stereocenters. The third kappa shape index (κ3) is 8.02. The lowest BCUT2D eigenvalue weighted by Gasteiger charge is -2.18. The number of halogens is 4. The van der Waals surface area contributed by atoms with E-state index in [1.165, 1.54) is 9.78 Å². The molecule has 0 spiro atoms. The molecule has 1 atom stereocenters. The van der Waals surface area contributed by atoms with Crippen LogP contribution in [0.5, 0.6) is 0 Å². The fraction of sp³-hybridized carbons (Fsp3) is 0.667. The van der Waals surface area contributed by atoms with Gasteiger partial charge in [-0.15, -0.1) is 35.3 Å². The highest BCUT2D eigenvalue weighted by molar-refractivity contribution is 14.0. The summed E-state index contributed by atoms with van der Waals surface area (Å²) in [4.78, 5) is 6.93. The maximum absolute atomic E-state index is 12.4. The number of guanidine groups is 1. The Balaban J connectivity index is 0.00000288. The number of nitrogens with one attached hydrogen (secondary N) is 2. The van der Waals surface area contributed by atoms with Crippen LogP contribution in [0.25, 0.3) is 0 Å². The molecule has 1 aliphatic heterocycles. The van der Waals surface area contributed by atoms with Gasteiger partial charge in [0.2, 0.25) is 0 Å². The minimum absolute atomic E-state index is 0. The first-order chi connectivity index (χ1) is 11.0. The third-order valence-electron chi connectivity index (χ3n) is 3.80. The van der Waals surface area contributed by atoms with Crippen LogP contribution in [-0.4, -0.2) is 56.8 Å². The number of hydrogen-bond donors (Lipinski definition) is 2. The Morgan fingerprint density at radius 3 is 2.83 bits per heavy atom. The van der Waals surface area contributed by atoms with Gasteiger partial charge in [0.15, 0.2) is 5.96 Å². The zero-order valence-electron chi connectivity index (χ0n) is 13.6. The van der Waals surface area contributed by atoms with Gasteiger partial charge in [-0.05, 0) is 36.8 Å². The Bertz CT molecular complexity index is 493. The van der Waals surface area contributed by atoms with E-state index in [1.807, 2.05) is 6.07 Å². The van der Waals surface area contributed by atoms with Crippen LogP contribution in [0, 0.1) is 5.92 Å². The molecular formula is C15H24F3IN4S. The van der Waals surface area contributed by atoms with Crippen molar-refractivity contribution in [3.63, 3.8) is 0 Å². The first-order valence-corrected chi connectivity index (χ1v) is 8.60. The monoisotopic (exact) mass is 476 g/mol. The minimum atomic E-state index is -4.11. The van der Waals surface area contributed by atoms with Crippen molar-refractivity contribution >= 4 is 41.3 Å². The number of thiophene rings is 1. The van der Waals surface area contributed by atoms with Crippen molar-refractivity contribution in [1.82, 2.24) is 15.5 Å². The number of aliphatic imine (C=N–C) groups is 1. The van der Waals surface area contributed by atoms with E-state index >= 15 is 0 Å². The molecule has 0 aromatic carbocycles. The Kier molecular flexibility index (Phi) is 9.35. The molecule has 4 nitrogen and oxygen atoms in total. The second-order valence-corrected chi connectivity index (χ2v) is 6.75. The number of likely N-dealkylation sites (tertiary alicyclic amines) is 1. The summed E-state index contributed by atoms with van der Waals surface area (Å²) in [7, 11) is 1.70. The second kappa shape index (κ2) is 10.4. The van der Waals surface area contributed by atoms with Gasteiger partial charge in [-0.2, -0.15) is 13.2 Å². The molecule has 2 rings (SSSR count). The highest BCUT2D eigenvalue weighted by Crippen LogP contribution is 2.22. The smallest absolute Gasteiger partial charge is 0.356 e. The number of hydrogen-bond acceptors (Lipinski definition) is 3. The molecule has 0 amide bonds. The van der Waals surface area contributed by atoms with Crippen molar-refractivity contribution in [2.45, 2.75) is 19.0 Å². The van der Waals surface area contributed by atoms with Gasteiger partial charge < -0.3 is 10.6 Å². The van der Waals surface area contributed by atoms with Crippen LogP contribution in [0.1, 0.15) is 11.3 Å².